The lowest BCUT2D eigenvalue weighted by Crippen LogP contribution is -2.23. The van der Waals surface area contributed by atoms with Gasteiger partial charge in [0, 0.05) is 34.2 Å². The zero-order valence-electron chi connectivity index (χ0n) is 15.7. The van der Waals surface area contributed by atoms with E-state index in [1.54, 1.807) is 11.8 Å². The molecule has 29 heavy (non-hydrogen) atoms. The van der Waals surface area contributed by atoms with Crippen LogP contribution in [0.5, 0.6) is 0 Å². The Labute approximate surface area is 174 Å². The molecule has 0 atom stereocenters. The molecule has 0 aliphatic rings. The number of nitrogens with zero attached hydrogens (tertiary/aromatic N) is 2. The first-order valence-corrected chi connectivity index (χ1v) is 10.2. The number of hydrogen-bond donors (Lipinski definition) is 1. The molecule has 5 heteroatoms. The first-order valence-electron chi connectivity index (χ1n) is 9.25. The summed E-state index contributed by atoms with van der Waals surface area (Å²) in [6, 6.07) is 23.3. The smallest absolute Gasteiger partial charge is 0.252 e. The average molecular weight is 398 g/mol. The quantitative estimate of drug-likeness (QED) is 0.401. The number of carbonyl (C=O) groups excluding carboxylic acids is 1. The first-order chi connectivity index (χ1) is 14.3. The van der Waals surface area contributed by atoms with Crippen molar-refractivity contribution in [2.45, 2.75) is 10.6 Å². The summed E-state index contributed by atoms with van der Waals surface area (Å²) in [7, 11) is 0. The van der Waals surface area contributed by atoms with Crippen LogP contribution in [0, 0.1) is 11.8 Å². The number of thioether (sulfide) groups is 1. The second kappa shape index (κ2) is 9.13. The van der Waals surface area contributed by atoms with E-state index in [4.69, 9.17) is 0 Å². The van der Waals surface area contributed by atoms with Crippen molar-refractivity contribution < 1.29 is 4.79 Å². The summed E-state index contributed by atoms with van der Waals surface area (Å²) in [5.41, 5.74) is 3.54. The second-order valence-corrected chi connectivity index (χ2v) is 7.41. The van der Waals surface area contributed by atoms with E-state index in [-0.39, 0.29) is 5.91 Å². The minimum Gasteiger partial charge on any atom is -0.341 e. The highest BCUT2D eigenvalue weighted by molar-refractivity contribution is 7.98. The van der Waals surface area contributed by atoms with Crippen LogP contribution in [-0.4, -0.2) is 21.8 Å². The molecular weight excluding hydrogens is 378 g/mol. The van der Waals surface area contributed by atoms with Crippen LogP contribution in [0.4, 0.5) is 0 Å². The summed E-state index contributed by atoms with van der Waals surface area (Å²) in [5, 5.41) is 2.83. The summed E-state index contributed by atoms with van der Waals surface area (Å²) >= 11 is 1.70. The van der Waals surface area contributed by atoms with Gasteiger partial charge in [-0.15, -0.1) is 11.8 Å². The van der Waals surface area contributed by atoms with Gasteiger partial charge in [-0.1, -0.05) is 36.1 Å². The van der Waals surface area contributed by atoms with Gasteiger partial charge in [-0.05, 0) is 48.5 Å². The van der Waals surface area contributed by atoms with Crippen LogP contribution in [0.15, 0.2) is 90.1 Å². The molecule has 4 rings (SSSR count). The lowest BCUT2D eigenvalue weighted by Gasteiger charge is -2.03. The zero-order chi connectivity index (χ0) is 19.9. The summed E-state index contributed by atoms with van der Waals surface area (Å²) < 4.78 is 2.02. The molecule has 0 aliphatic carbocycles. The molecule has 4 aromatic rings. The molecule has 142 valence electrons. The fraction of sp³-hybridized carbons (Fsp3) is 0.0833. The molecule has 0 unspecified atom stereocenters. The molecule has 0 saturated heterocycles. The number of hydrogen-bond acceptors (Lipinski definition) is 3. The van der Waals surface area contributed by atoms with Gasteiger partial charge in [-0.2, -0.15) is 0 Å². The molecule has 0 aliphatic heterocycles. The Hall–Kier alpha value is -3.49. The van der Waals surface area contributed by atoms with Crippen molar-refractivity contribution in [2.24, 2.45) is 0 Å². The second-order valence-electron chi connectivity index (χ2n) is 6.36. The van der Waals surface area contributed by atoms with Crippen molar-refractivity contribution in [2.75, 3.05) is 6.54 Å². The van der Waals surface area contributed by atoms with Gasteiger partial charge in [0.2, 0.25) is 0 Å². The fourth-order valence-corrected chi connectivity index (χ4v) is 3.59. The van der Waals surface area contributed by atoms with Gasteiger partial charge in [-0.3, -0.25) is 4.79 Å². The third kappa shape index (κ3) is 5.07. The Kier molecular flexibility index (Phi) is 5.94. The Bertz CT molecular complexity index is 1140. The van der Waals surface area contributed by atoms with E-state index < -0.39 is 0 Å². The van der Waals surface area contributed by atoms with Gasteiger partial charge in [0.15, 0.2) is 0 Å². The predicted molar refractivity (Wildman–Crippen MR) is 117 cm³/mol. The van der Waals surface area contributed by atoms with Crippen LogP contribution in [0.25, 0.3) is 5.65 Å². The lowest BCUT2D eigenvalue weighted by atomic mass is 10.2. The van der Waals surface area contributed by atoms with E-state index >= 15 is 0 Å². The van der Waals surface area contributed by atoms with Crippen molar-refractivity contribution in [3.63, 3.8) is 0 Å². The summed E-state index contributed by atoms with van der Waals surface area (Å²) in [5.74, 6) is 6.65. The van der Waals surface area contributed by atoms with Gasteiger partial charge >= 0.3 is 0 Å². The first kappa shape index (κ1) is 18.9. The number of imidazole rings is 1. The molecular formula is C24H19N3OS. The van der Waals surface area contributed by atoms with Crippen LogP contribution < -0.4 is 5.32 Å². The van der Waals surface area contributed by atoms with E-state index in [1.807, 2.05) is 89.6 Å². The highest BCUT2D eigenvalue weighted by Gasteiger charge is 2.06. The third-order valence-electron chi connectivity index (χ3n) is 4.26. The van der Waals surface area contributed by atoms with Crippen molar-refractivity contribution in [1.29, 1.82) is 0 Å². The van der Waals surface area contributed by atoms with Crippen molar-refractivity contribution in [1.82, 2.24) is 14.7 Å². The highest BCUT2D eigenvalue weighted by Crippen LogP contribution is 2.23. The largest absolute Gasteiger partial charge is 0.341 e. The maximum Gasteiger partial charge on any atom is 0.252 e. The number of nitrogens with one attached hydrogen (secondary N) is 1. The normalized spacial score (nSPS) is 10.3. The Balaban J connectivity index is 1.29. The van der Waals surface area contributed by atoms with Crippen molar-refractivity contribution in [3.8, 4) is 11.8 Å². The van der Waals surface area contributed by atoms with Crippen LogP contribution in [0.2, 0.25) is 0 Å². The maximum absolute atomic E-state index is 12.2. The molecule has 1 N–H and O–H groups in total. The summed E-state index contributed by atoms with van der Waals surface area (Å²) in [4.78, 5) is 17.9. The minimum absolute atomic E-state index is 0.121. The molecule has 4 nitrogen and oxygen atoms in total. The molecule has 0 saturated carbocycles. The minimum atomic E-state index is -0.121. The SMILES string of the molecule is O=C(NCC#Cc1ccccc1)c1ccc(SCc2cn3ccccc3n2)cc1. The number of rotatable bonds is 5. The van der Waals surface area contributed by atoms with Gasteiger partial charge in [0.25, 0.3) is 5.91 Å². The summed E-state index contributed by atoms with van der Waals surface area (Å²) in [6.07, 6.45) is 4.04. The molecule has 0 radical (unpaired) electrons. The number of aromatic nitrogens is 2. The number of amides is 1. The van der Waals surface area contributed by atoms with E-state index in [9.17, 15) is 4.79 Å². The Morgan fingerprint density at radius 1 is 1.00 bits per heavy atom. The Morgan fingerprint density at radius 3 is 2.59 bits per heavy atom. The van der Waals surface area contributed by atoms with Gasteiger partial charge in [0.05, 0.1) is 12.2 Å². The number of fused-ring (bicyclic) bond motifs is 1. The topological polar surface area (TPSA) is 46.4 Å². The van der Waals surface area contributed by atoms with Crippen LogP contribution >= 0.6 is 11.8 Å². The molecule has 0 spiro atoms. The zero-order valence-corrected chi connectivity index (χ0v) is 16.5. The molecule has 0 fully saturated rings. The third-order valence-corrected chi connectivity index (χ3v) is 5.31. The van der Waals surface area contributed by atoms with Crippen LogP contribution in [0.3, 0.4) is 0 Å². The molecule has 0 bridgehead atoms. The monoisotopic (exact) mass is 397 g/mol. The summed E-state index contributed by atoms with van der Waals surface area (Å²) in [6.45, 7) is 0.318. The van der Waals surface area contributed by atoms with E-state index in [0.717, 1.165) is 27.6 Å². The molecule has 2 aromatic heterocycles. The van der Waals surface area contributed by atoms with Crippen molar-refractivity contribution >= 4 is 23.3 Å². The van der Waals surface area contributed by atoms with Crippen LogP contribution in [-0.2, 0) is 5.75 Å². The van der Waals surface area contributed by atoms with E-state index in [1.165, 1.54) is 0 Å². The molecule has 2 heterocycles. The van der Waals surface area contributed by atoms with Crippen molar-refractivity contribution in [3.05, 3.63) is 102 Å². The van der Waals surface area contributed by atoms with Gasteiger partial charge in [-0.25, -0.2) is 4.98 Å². The fourth-order valence-electron chi connectivity index (χ4n) is 2.81. The lowest BCUT2D eigenvalue weighted by molar-refractivity contribution is 0.0958. The maximum atomic E-state index is 12.2. The van der Waals surface area contributed by atoms with Gasteiger partial charge < -0.3 is 9.72 Å². The predicted octanol–water partition coefficient (Wildman–Crippen LogP) is 4.41. The Morgan fingerprint density at radius 2 is 1.79 bits per heavy atom. The highest BCUT2D eigenvalue weighted by atomic mass is 32.2. The van der Waals surface area contributed by atoms with E-state index in [0.29, 0.717) is 12.1 Å². The average Bonchev–Trinajstić information content (AvgIpc) is 3.19. The number of pyridine rings is 1. The molecule has 1 amide bonds. The van der Waals surface area contributed by atoms with Crippen LogP contribution in [0.1, 0.15) is 21.6 Å². The standard InChI is InChI=1S/C24H19N3OS/c28-24(25-15-6-9-19-7-2-1-3-8-19)20-11-13-22(14-12-20)29-18-21-17-27-16-5-4-10-23(27)26-21/h1-5,7-8,10-14,16-17H,15,18H2,(H,25,28). The molecule has 2 aromatic carbocycles. The van der Waals surface area contributed by atoms with E-state index in [2.05, 4.69) is 22.1 Å². The van der Waals surface area contributed by atoms with Gasteiger partial charge in [0.1, 0.15) is 5.65 Å². The number of benzene rings is 2. The number of carbonyl (C=O) groups is 1.